The topological polar surface area (TPSA) is 41.8 Å². The zero-order chi connectivity index (χ0) is 13.0. The molecule has 0 aliphatic rings. The van der Waals surface area contributed by atoms with Gasteiger partial charge in [0.1, 0.15) is 5.69 Å². The maximum atomic E-state index is 11.5. The highest BCUT2D eigenvalue weighted by Crippen LogP contribution is 2.24. The molecular weight excluding hydrogens is 244 g/mol. The zero-order valence-corrected chi connectivity index (χ0v) is 11.1. The second-order valence-corrected chi connectivity index (χ2v) is 5.31. The molecule has 0 amide bonds. The molecule has 0 aliphatic heterocycles. The molecule has 0 saturated carbocycles. The number of aryl methyl sites for hydroxylation is 1. The number of azo groups is 1. The normalized spacial score (nSPS) is 12.8. The summed E-state index contributed by atoms with van der Waals surface area (Å²) in [5.41, 5.74) is 2.59. The van der Waals surface area contributed by atoms with Crippen LogP contribution in [0.1, 0.15) is 5.56 Å². The maximum absolute atomic E-state index is 11.5. The van der Waals surface area contributed by atoms with E-state index in [9.17, 15) is 4.21 Å². The second-order valence-electron chi connectivity index (χ2n) is 3.96. The number of nitrogens with zero attached hydrogens (tertiary/aromatic N) is 2. The molecule has 0 N–H and O–H groups in total. The number of hydrogen-bond donors (Lipinski definition) is 0. The van der Waals surface area contributed by atoms with Gasteiger partial charge in [-0.15, -0.1) is 5.11 Å². The highest BCUT2D eigenvalue weighted by molar-refractivity contribution is 7.84. The first-order chi connectivity index (χ1) is 8.66. The first-order valence-electron chi connectivity index (χ1n) is 5.57. The Morgan fingerprint density at radius 1 is 1.00 bits per heavy atom. The maximum Gasteiger partial charge on any atom is 0.102 e. The van der Waals surface area contributed by atoms with Crippen molar-refractivity contribution in [3.05, 3.63) is 54.1 Å². The van der Waals surface area contributed by atoms with Crippen molar-refractivity contribution in [2.24, 2.45) is 10.2 Å². The van der Waals surface area contributed by atoms with Crippen molar-refractivity contribution in [2.45, 2.75) is 11.8 Å². The van der Waals surface area contributed by atoms with Gasteiger partial charge in [0.2, 0.25) is 0 Å². The van der Waals surface area contributed by atoms with E-state index in [-0.39, 0.29) is 0 Å². The summed E-state index contributed by atoms with van der Waals surface area (Å²) in [4.78, 5) is 0.703. The molecule has 1 atom stereocenters. The van der Waals surface area contributed by atoms with E-state index in [1.165, 1.54) is 0 Å². The number of rotatable bonds is 3. The molecule has 0 heterocycles. The van der Waals surface area contributed by atoms with E-state index in [0.29, 0.717) is 10.6 Å². The van der Waals surface area contributed by atoms with Gasteiger partial charge in [0, 0.05) is 6.26 Å². The monoisotopic (exact) mass is 258 g/mol. The fourth-order valence-corrected chi connectivity index (χ4v) is 2.26. The molecule has 1 unspecified atom stereocenters. The Labute approximate surface area is 109 Å². The third kappa shape index (κ3) is 3.11. The summed E-state index contributed by atoms with van der Waals surface area (Å²) >= 11 is 0. The van der Waals surface area contributed by atoms with Gasteiger partial charge in [-0.05, 0) is 36.8 Å². The lowest BCUT2D eigenvalue weighted by Crippen LogP contribution is -1.86. The Kier molecular flexibility index (Phi) is 3.99. The van der Waals surface area contributed by atoms with Crippen LogP contribution in [0.2, 0.25) is 0 Å². The van der Waals surface area contributed by atoms with Gasteiger partial charge >= 0.3 is 0 Å². The van der Waals surface area contributed by atoms with Gasteiger partial charge in [-0.25, -0.2) is 0 Å². The van der Waals surface area contributed by atoms with Crippen molar-refractivity contribution in [3.63, 3.8) is 0 Å². The molecule has 0 spiro atoms. The summed E-state index contributed by atoms with van der Waals surface area (Å²) in [6, 6.07) is 15.1. The minimum absolute atomic E-state index is 0.653. The van der Waals surface area contributed by atoms with Gasteiger partial charge in [0.05, 0.1) is 21.4 Å². The van der Waals surface area contributed by atoms with Crippen LogP contribution in [-0.4, -0.2) is 10.5 Å². The molecule has 92 valence electrons. The van der Waals surface area contributed by atoms with Crippen LogP contribution in [0.25, 0.3) is 0 Å². The lowest BCUT2D eigenvalue weighted by atomic mass is 10.2. The van der Waals surface area contributed by atoms with E-state index in [0.717, 1.165) is 11.3 Å². The molecule has 4 heteroatoms. The molecule has 0 saturated heterocycles. The molecule has 18 heavy (non-hydrogen) atoms. The van der Waals surface area contributed by atoms with Gasteiger partial charge in [-0.2, -0.15) is 5.11 Å². The van der Waals surface area contributed by atoms with Crippen molar-refractivity contribution in [1.29, 1.82) is 0 Å². The van der Waals surface area contributed by atoms with E-state index in [1.54, 1.807) is 12.3 Å². The smallest absolute Gasteiger partial charge is 0.102 e. The Bertz CT molecular complexity index is 608. The Balaban J connectivity index is 2.32. The standard InChI is InChI=1S/C14H14N2OS/c1-11-6-5-7-12(10-11)15-16-13-8-3-4-9-14(13)18(2)17/h3-10H,1-2H3. The molecule has 0 radical (unpaired) electrons. The van der Waals surface area contributed by atoms with E-state index >= 15 is 0 Å². The summed E-state index contributed by atoms with van der Waals surface area (Å²) in [7, 11) is -1.06. The van der Waals surface area contributed by atoms with Gasteiger partial charge in [0.15, 0.2) is 0 Å². The van der Waals surface area contributed by atoms with Crippen LogP contribution in [0.15, 0.2) is 63.7 Å². The van der Waals surface area contributed by atoms with Gasteiger partial charge in [-0.3, -0.25) is 4.21 Å². The molecule has 2 aromatic carbocycles. The summed E-state index contributed by atoms with van der Waals surface area (Å²) < 4.78 is 11.5. The molecule has 3 nitrogen and oxygen atoms in total. The molecular formula is C14H14N2OS. The van der Waals surface area contributed by atoms with Crippen LogP contribution in [0.3, 0.4) is 0 Å². The van der Waals surface area contributed by atoms with Crippen molar-refractivity contribution in [3.8, 4) is 0 Å². The van der Waals surface area contributed by atoms with Crippen LogP contribution in [-0.2, 0) is 10.8 Å². The SMILES string of the molecule is Cc1cccc(N=Nc2ccccc2S(C)=O)c1. The Morgan fingerprint density at radius 3 is 2.50 bits per heavy atom. The summed E-state index contributed by atoms with van der Waals surface area (Å²) in [5.74, 6) is 0. The fourth-order valence-electron chi connectivity index (χ4n) is 1.58. The van der Waals surface area contributed by atoms with E-state index in [1.807, 2.05) is 49.4 Å². The van der Waals surface area contributed by atoms with E-state index in [4.69, 9.17) is 0 Å². The fraction of sp³-hybridized carbons (Fsp3) is 0.143. The second kappa shape index (κ2) is 5.69. The minimum atomic E-state index is -1.06. The minimum Gasteiger partial charge on any atom is -0.255 e. The first kappa shape index (κ1) is 12.6. The van der Waals surface area contributed by atoms with Crippen molar-refractivity contribution >= 4 is 22.2 Å². The van der Waals surface area contributed by atoms with Crippen LogP contribution < -0.4 is 0 Å². The average Bonchev–Trinajstić information content (AvgIpc) is 2.37. The zero-order valence-electron chi connectivity index (χ0n) is 10.3. The third-order valence-electron chi connectivity index (χ3n) is 2.45. The molecule has 0 aliphatic carbocycles. The van der Waals surface area contributed by atoms with Crippen molar-refractivity contribution in [1.82, 2.24) is 0 Å². The van der Waals surface area contributed by atoms with Crippen LogP contribution in [0.5, 0.6) is 0 Å². The first-order valence-corrected chi connectivity index (χ1v) is 7.13. The summed E-state index contributed by atoms with van der Waals surface area (Å²) in [6.07, 6.45) is 1.64. The Hall–Kier alpha value is -1.81. The number of hydrogen-bond acceptors (Lipinski definition) is 3. The van der Waals surface area contributed by atoms with Gasteiger partial charge in [0.25, 0.3) is 0 Å². The third-order valence-corrected chi connectivity index (χ3v) is 3.41. The molecule has 0 bridgehead atoms. The van der Waals surface area contributed by atoms with Gasteiger partial charge < -0.3 is 0 Å². The lowest BCUT2D eigenvalue weighted by Gasteiger charge is -2.00. The van der Waals surface area contributed by atoms with Crippen LogP contribution in [0, 0.1) is 6.92 Å². The summed E-state index contributed by atoms with van der Waals surface area (Å²) in [5, 5.41) is 8.34. The van der Waals surface area contributed by atoms with Crippen LogP contribution >= 0.6 is 0 Å². The highest BCUT2D eigenvalue weighted by Gasteiger charge is 2.03. The van der Waals surface area contributed by atoms with E-state index < -0.39 is 10.8 Å². The molecule has 2 rings (SSSR count). The quantitative estimate of drug-likeness (QED) is 0.762. The van der Waals surface area contributed by atoms with Crippen LogP contribution in [0.4, 0.5) is 11.4 Å². The molecule has 0 fully saturated rings. The predicted octanol–water partition coefficient (Wildman–Crippen LogP) is 4.15. The average molecular weight is 258 g/mol. The predicted molar refractivity (Wildman–Crippen MR) is 74.1 cm³/mol. The Morgan fingerprint density at radius 2 is 1.78 bits per heavy atom. The summed E-state index contributed by atoms with van der Waals surface area (Å²) in [6.45, 7) is 2.01. The molecule has 0 aromatic heterocycles. The van der Waals surface area contributed by atoms with Crippen molar-refractivity contribution < 1.29 is 4.21 Å². The van der Waals surface area contributed by atoms with Gasteiger partial charge in [-0.1, -0.05) is 24.3 Å². The highest BCUT2D eigenvalue weighted by atomic mass is 32.2. The molecule has 2 aromatic rings. The lowest BCUT2D eigenvalue weighted by molar-refractivity contribution is 0.687. The largest absolute Gasteiger partial charge is 0.255 e. The van der Waals surface area contributed by atoms with E-state index in [2.05, 4.69) is 10.2 Å². The van der Waals surface area contributed by atoms with Crippen molar-refractivity contribution in [2.75, 3.05) is 6.26 Å². The number of benzene rings is 2.